The van der Waals surface area contributed by atoms with Crippen LogP contribution in [0.15, 0.2) is 52.2 Å². The number of likely N-dealkylation sites (N-methyl/N-ethyl adjacent to an activating group) is 1. The molecule has 0 spiro atoms. The van der Waals surface area contributed by atoms with Gasteiger partial charge in [-0.05, 0) is 44.3 Å². The number of nitrogens with one attached hydrogen (secondary N) is 2. The maximum atomic E-state index is 5.65. The molecule has 0 bridgehead atoms. The number of aromatic nitrogens is 1. The Bertz CT molecular complexity index is 614. The van der Waals surface area contributed by atoms with Crippen LogP contribution in [-0.4, -0.2) is 42.0 Å². The summed E-state index contributed by atoms with van der Waals surface area (Å²) in [7, 11) is 0. The molecule has 1 atom stereocenters. The van der Waals surface area contributed by atoms with E-state index in [2.05, 4.69) is 46.3 Å². The first-order chi connectivity index (χ1) is 12.3. The summed E-state index contributed by atoms with van der Waals surface area (Å²) < 4.78 is 5.65. The third-order valence-electron chi connectivity index (χ3n) is 4.06. The third kappa shape index (κ3) is 6.95. The summed E-state index contributed by atoms with van der Waals surface area (Å²) in [4.78, 5) is 11.3. The molecule has 26 heavy (non-hydrogen) atoms. The van der Waals surface area contributed by atoms with Crippen LogP contribution in [0.4, 0.5) is 0 Å². The highest BCUT2D eigenvalue weighted by Gasteiger charge is 2.20. The van der Waals surface area contributed by atoms with Crippen molar-refractivity contribution < 1.29 is 4.42 Å². The summed E-state index contributed by atoms with van der Waals surface area (Å²) in [5.74, 6) is 1.76. The smallest absolute Gasteiger partial charge is 0.191 e. The molecule has 2 aromatic rings. The molecule has 2 heterocycles. The van der Waals surface area contributed by atoms with Crippen LogP contribution in [0.2, 0.25) is 0 Å². The molecule has 6 nitrogen and oxygen atoms in total. The van der Waals surface area contributed by atoms with E-state index in [1.165, 1.54) is 0 Å². The summed E-state index contributed by atoms with van der Waals surface area (Å²) in [6, 6.07) is 10.0. The fourth-order valence-corrected chi connectivity index (χ4v) is 2.74. The second-order valence-corrected chi connectivity index (χ2v) is 5.65. The molecule has 2 aromatic heterocycles. The SMILES string of the molecule is CCNC(=NCc1ccccn1)NCC(c1ccco1)N(CC)CC.I. The lowest BCUT2D eigenvalue weighted by Gasteiger charge is -2.28. The van der Waals surface area contributed by atoms with Crippen LogP contribution in [0.25, 0.3) is 0 Å². The molecular weight excluding hydrogens is 441 g/mol. The summed E-state index contributed by atoms with van der Waals surface area (Å²) in [6.45, 7) is 10.4. The monoisotopic (exact) mass is 471 g/mol. The first-order valence-corrected chi connectivity index (χ1v) is 8.98. The van der Waals surface area contributed by atoms with Crippen molar-refractivity contribution in [2.75, 3.05) is 26.2 Å². The lowest BCUT2D eigenvalue weighted by Crippen LogP contribution is -2.43. The predicted octanol–water partition coefficient (Wildman–Crippen LogP) is 3.43. The Morgan fingerprint density at radius 3 is 2.54 bits per heavy atom. The second kappa shape index (κ2) is 12.7. The number of aliphatic imine (C=N–C) groups is 1. The Labute approximate surface area is 173 Å². The van der Waals surface area contributed by atoms with Crippen LogP contribution in [-0.2, 0) is 6.54 Å². The van der Waals surface area contributed by atoms with Crippen LogP contribution < -0.4 is 10.6 Å². The maximum Gasteiger partial charge on any atom is 0.191 e. The van der Waals surface area contributed by atoms with Crippen LogP contribution in [0.3, 0.4) is 0 Å². The van der Waals surface area contributed by atoms with E-state index in [-0.39, 0.29) is 30.0 Å². The molecule has 2 rings (SSSR count). The number of halogens is 1. The number of furan rings is 1. The quantitative estimate of drug-likeness (QED) is 0.333. The van der Waals surface area contributed by atoms with Gasteiger partial charge in [-0.15, -0.1) is 24.0 Å². The Balaban J connectivity index is 0.00000338. The van der Waals surface area contributed by atoms with Gasteiger partial charge < -0.3 is 15.1 Å². The molecule has 0 aliphatic heterocycles. The number of pyridine rings is 1. The van der Waals surface area contributed by atoms with Gasteiger partial charge in [0.1, 0.15) is 5.76 Å². The third-order valence-corrected chi connectivity index (χ3v) is 4.06. The van der Waals surface area contributed by atoms with Crippen molar-refractivity contribution in [2.45, 2.75) is 33.4 Å². The Hall–Kier alpha value is -1.61. The standard InChI is InChI=1S/C19H29N5O.HI/c1-4-20-19(22-14-16-10-7-8-12-21-16)23-15-17(24(5-2)6-3)18-11-9-13-25-18;/h7-13,17H,4-6,14-15H2,1-3H3,(H2,20,22,23);1H. The minimum Gasteiger partial charge on any atom is -0.468 e. The highest BCUT2D eigenvalue weighted by atomic mass is 127. The number of rotatable bonds is 9. The Morgan fingerprint density at radius 2 is 1.96 bits per heavy atom. The van der Waals surface area contributed by atoms with Gasteiger partial charge in [-0.1, -0.05) is 19.9 Å². The van der Waals surface area contributed by atoms with Crippen molar-refractivity contribution in [1.29, 1.82) is 0 Å². The molecule has 7 heteroatoms. The molecule has 0 saturated carbocycles. The number of hydrogen-bond donors (Lipinski definition) is 2. The van der Waals surface area contributed by atoms with Crippen molar-refractivity contribution in [3.8, 4) is 0 Å². The van der Waals surface area contributed by atoms with Crippen LogP contribution in [0.5, 0.6) is 0 Å². The Morgan fingerprint density at radius 1 is 1.15 bits per heavy atom. The van der Waals surface area contributed by atoms with Gasteiger partial charge in [0.15, 0.2) is 5.96 Å². The molecule has 0 saturated heterocycles. The Kier molecular flexibility index (Phi) is 11.0. The van der Waals surface area contributed by atoms with Gasteiger partial charge in [0.2, 0.25) is 0 Å². The fourth-order valence-electron chi connectivity index (χ4n) is 2.74. The molecule has 0 aliphatic carbocycles. The largest absolute Gasteiger partial charge is 0.468 e. The summed E-state index contributed by atoms with van der Waals surface area (Å²) in [6.07, 6.45) is 3.52. The van der Waals surface area contributed by atoms with E-state index in [1.54, 1.807) is 12.5 Å². The zero-order valence-electron chi connectivity index (χ0n) is 15.8. The van der Waals surface area contributed by atoms with Gasteiger partial charge >= 0.3 is 0 Å². The highest BCUT2D eigenvalue weighted by molar-refractivity contribution is 14.0. The van der Waals surface area contributed by atoms with E-state index in [4.69, 9.17) is 4.42 Å². The number of hydrogen-bond acceptors (Lipinski definition) is 4. The molecule has 0 aliphatic rings. The maximum absolute atomic E-state index is 5.65. The minimum atomic E-state index is 0. The first-order valence-electron chi connectivity index (χ1n) is 8.98. The predicted molar refractivity (Wildman–Crippen MR) is 117 cm³/mol. The summed E-state index contributed by atoms with van der Waals surface area (Å²) in [5.41, 5.74) is 0.950. The zero-order chi connectivity index (χ0) is 17.9. The number of nitrogens with zero attached hydrogens (tertiary/aromatic N) is 3. The first kappa shape index (κ1) is 22.4. The molecule has 2 N–H and O–H groups in total. The molecule has 0 radical (unpaired) electrons. The van der Waals surface area contributed by atoms with E-state index in [1.807, 2.05) is 30.3 Å². The van der Waals surface area contributed by atoms with Gasteiger partial charge in [-0.25, -0.2) is 4.99 Å². The molecular formula is C19H30IN5O. The van der Waals surface area contributed by atoms with E-state index in [0.717, 1.165) is 43.6 Å². The highest BCUT2D eigenvalue weighted by Crippen LogP contribution is 2.20. The number of guanidine groups is 1. The van der Waals surface area contributed by atoms with E-state index in [0.29, 0.717) is 6.54 Å². The normalized spacial score (nSPS) is 12.5. The minimum absolute atomic E-state index is 0. The molecule has 1 unspecified atom stereocenters. The van der Waals surface area contributed by atoms with Gasteiger partial charge in [-0.2, -0.15) is 0 Å². The van der Waals surface area contributed by atoms with Crippen molar-refractivity contribution in [1.82, 2.24) is 20.5 Å². The molecule has 0 amide bonds. The second-order valence-electron chi connectivity index (χ2n) is 5.65. The van der Waals surface area contributed by atoms with E-state index >= 15 is 0 Å². The zero-order valence-corrected chi connectivity index (χ0v) is 18.1. The van der Waals surface area contributed by atoms with E-state index < -0.39 is 0 Å². The van der Waals surface area contributed by atoms with Crippen molar-refractivity contribution in [3.05, 3.63) is 54.2 Å². The van der Waals surface area contributed by atoms with Crippen molar-refractivity contribution >= 4 is 29.9 Å². The fraction of sp³-hybridized carbons (Fsp3) is 0.474. The van der Waals surface area contributed by atoms with Crippen molar-refractivity contribution in [3.63, 3.8) is 0 Å². The average Bonchev–Trinajstić information content (AvgIpc) is 3.18. The van der Waals surface area contributed by atoms with Gasteiger partial charge in [0.25, 0.3) is 0 Å². The molecule has 144 valence electrons. The van der Waals surface area contributed by atoms with Crippen molar-refractivity contribution in [2.24, 2.45) is 4.99 Å². The van der Waals surface area contributed by atoms with Crippen LogP contribution in [0.1, 0.15) is 38.3 Å². The molecule has 0 aromatic carbocycles. The van der Waals surface area contributed by atoms with Gasteiger partial charge in [0, 0.05) is 19.3 Å². The van der Waals surface area contributed by atoms with E-state index in [9.17, 15) is 0 Å². The van der Waals surface area contributed by atoms with Crippen LogP contribution in [0, 0.1) is 0 Å². The average molecular weight is 471 g/mol. The lowest BCUT2D eigenvalue weighted by molar-refractivity contribution is 0.193. The summed E-state index contributed by atoms with van der Waals surface area (Å²) >= 11 is 0. The van der Waals surface area contributed by atoms with Crippen LogP contribution >= 0.6 is 24.0 Å². The molecule has 0 fully saturated rings. The van der Waals surface area contributed by atoms with Gasteiger partial charge in [0.05, 0.1) is 24.5 Å². The lowest BCUT2D eigenvalue weighted by atomic mass is 10.2. The topological polar surface area (TPSA) is 65.7 Å². The van der Waals surface area contributed by atoms with Gasteiger partial charge in [-0.3, -0.25) is 9.88 Å². The summed E-state index contributed by atoms with van der Waals surface area (Å²) in [5, 5.41) is 6.73.